The van der Waals surface area contributed by atoms with E-state index in [0.29, 0.717) is 11.0 Å². The number of nitrogens with one attached hydrogen (secondary N) is 1. The minimum atomic E-state index is 0.234. The van der Waals surface area contributed by atoms with Gasteiger partial charge in [-0.15, -0.1) is 0 Å². The predicted octanol–water partition coefficient (Wildman–Crippen LogP) is 1.90. The van der Waals surface area contributed by atoms with Crippen LogP contribution in [-0.4, -0.2) is 48.3 Å². The van der Waals surface area contributed by atoms with Crippen LogP contribution in [0.2, 0.25) is 0 Å². The second kappa shape index (κ2) is 6.30. The van der Waals surface area contributed by atoms with Crippen molar-refractivity contribution >= 4 is 22.9 Å². The topological polar surface area (TPSA) is 50.5 Å². The van der Waals surface area contributed by atoms with Gasteiger partial charge >= 0.3 is 0 Å². The number of ether oxygens (including phenoxy) is 1. The Hall–Kier alpha value is -1.17. The largest absolute Gasteiger partial charge is 0.389 e. The second-order valence-electron chi connectivity index (χ2n) is 5.99. The van der Waals surface area contributed by atoms with E-state index in [-0.39, 0.29) is 6.10 Å². The molecule has 2 aliphatic rings. The number of hydrogen-bond acceptors (Lipinski definition) is 4. The summed E-state index contributed by atoms with van der Waals surface area (Å²) in [5, 5.41) is 3.49. The highest BCUT2D eigenvalue weighted by atomic mass is 32.1. The third kappa shape index (κ3) is 3.20. The number of hydrogen-bond donors (Lipinski definition) is 2. The summed E-state index contributed by atoms with van der Waals surface area (Å²) in [5.41, 5.74) is 8.93. The summed E-state index contributed by atoms with van der Waals surface area (Å²) in [6, 6.07) is 6.67. The summed E-state index contributed by atoms with van der Waals surface area (Å²) in [4.78, 5) is 2.99. The molecule has 3 N–H and O–H groups in total. The summed E-state index contributed by atoms with van der Waals surface area (Å²) < 4.78 is 5.99. The van der Waals surface area contributed by atoms with Crippen LogP contribution >= 0.6 is 12.2 Å². The molecule has 3 rings (SSSR count). The number of morpholine rings is 1. The van der Waals surface area contributed by atoms with Crippen molar-refractivity contribution in [2.75, 3.05) is 31.6 Å². The molecular formula is C16H23N3OS. The van der Waals surface area contributed by atoms with Crippen LogP contribution < -0.4 is 11.1 Å². The van der Waals surface area contributed by atoms with Crippen molar-refractivity contribution in [1.82, 2.24) is 4.90 Å². The van der Waals surface area contributed by atoms with E-state index >= 15 is 0 Å². The van der Waals surface area contributed by atoms with Crippen molar-refractivity contribution < 1.29 is 4.74 Å². The molecule has 1 aromatic rings. The maximum atomic E-state index is 5.99. The summed E-state index contributed by atoms with van der Waals surface area (Å²) in [5.74, 6) is 0. The molecule has 2 saturated heterocycles. The van der Waals surface area contributed by atoms with Gasteiger partial charge in [0.25, 0.3) is 0 Å². The predicted molar refractivity (Wildman–Crippen MR) is 89.9 cm³/mol. The molecule has 2 aliphatic heterocycles. The number of para-hydroxylation sites is 1. The lowest BCUT2D eigenvalue weighted by Crippen LogP contribution is -2.48. The zero-order valence-corrected chi connectivity index (χ0v) is 13.3. The SMILES string of the molecule is Cc1cccc(C(N)=S)c1NCC1CN2CCCC2CO1. The fraction of sp³-hybridized carbons (Fsp3) is 0.562. The van der Waals surface area contributed by atoms with Gasteiger partial charge in [0, 0.05) is 30.4 Å². The molecule has 0 amide bonds. The van der Waals surface area contributed by atoms with Gasteiger partial charge in [0.2, 0.25) is 0 Å². The Balaban J connectivity index is 1.64. The molecular weight excluding hydrogens is 282 g/mol. The molecule has 2 fully saturated rings. The normalized spacial score (nSPS) is 25.6. The van der Waals surface area contributed by atoms with Crippen LogP contribution in [-0.2, 0) is 4.74 Å². The van der Waals surface area contributed by atoms with Crippen LogP contribution in [0.5, 0.6) is 0 Å². The van der Waals surface area contributed by atoms with E-state index in [1.165, 1.54) is 19.4 Å². The van der Waals surface area contributed by atoms with Gasteiger partial charge in [0.05, 0.1) is 12.7 Å². The maximum absolute atomic E-state index is 5.99. The molecule has 2 unspecified atom stereocenters. The van der Waals surface area contributed by atoms with Crippen molar-refractivity contribution in [1.29, 1.82) is 0 Å². The highest BCUT2D eigenvalue weighted by Gasteiger charge is 2.32. The van der Waals surface area contributed by atoms with Crippen molar-refractivity contribution in [2.45, 2.75) is 31.9 Å². The van der Waals surface area contributed by atoms with Crippen molar-refractivity contribution in [3.63, 3.8) is 0 Å². The summed E-state index contributed by atoms with van der Waals surface area (Å²) in [6.45, 7) is 5.97. The maximum Gasteiger partial charge on any atom is 0.106 e. The fourth-order valence-corrected chi connectivity index (χ4v) is 3.50. The lowest BCUT2D eigenvalue weighted by atomic mass is 10.1. The van der Waals surface area contributed by atoms with E-state index < -0.39 is 0 Å². The third-order valence-electron chi connectivity index (χ3n) is 4.51. The zero-order valence-electron chi connectivity index (χ0n) is 12.5. The van der Waals surface area contributed by atoms with E-state index in [2.05, 4.69) is 23.2 Å². The van der Waals surface area contributed by atoms with Gasteiger partial charge in [0.1, 0.15) is 4.99 Å². The van der Waals surface area contributed by atoms with E-state index in [1.807, 2.05) is 12.1 Å². The standard InChI is InChI=1S/C16H23N3OS/c1-11-4-2-6-14(16(17)21)15(11)18-8-13-9-19-7-3-5-12(19)10-20-13/h2,4,6,12-13,18H,3,5,7-10H2,1H3,(H2,17,21). The lowest BCUT2D eigenvalue weighted by molar-refractivity contribution is -0.0415. The van der Waals surface area contributed by atoms with Gasteiger partial charge in [-0.3, -0.25) is 4.90 Å². The smallest absolute Gasteiger partial charge is 0.106 e. The Morgan fingerprint density at radius 2 is 2.38 bits per heavy atom. The van der Waals surface area contributed by atoms with Crippen LogP contribution in [0.3, 0.4) is 0 Å². The first-order chi connectivity index (χ1) is 10.1. The molecule has 0 radical (unpaired) electrons. The number of anilines is 1. The lowest BCUT2D eigenvalue weighted by Gasteiger charge is -2.35. The van der Waals surface area contributed by atoms with Crippen LogP contribution in [0.4, 0.5) is 5.69 Å². The highest BCUT2D eigenvalue weighted by molar-refractivity contribution is 7.80. The molecule has 114 valence electrons. The first-order valence-electron chi connectivity index (χ1n) is 7.64. The monoisotopic (exact) mass is 305 g/mol. The molecule has 2 atom stereocenters. The van der Waals surface area contributed by atoms with E-state index in [1.54, 1.807) is 0 Å². The third-order valence-corrected chi connectivity index (χ3v) is 4.73. The van der Waals surface area contributed by atoms with Crippen LogP contribution in [0.25, 0.3) is 0 Å². The highest BCUT2D eigenvalue weighted by Crippen LogP contribution is 2.24. The molecule has 21 heavy (non-hydrogen) atoms. The molecule has 5 heteroatoms. The molecule has 4 nitrogen and oxygen atoms in total. The molecule has 2 heterocycles. The van der Waals surface area contributed by atoms with Gasteiger partial charge in [0.15, 0.2) is 0 Å². The first kappa shape index (κ1) is 14.8. The van der Waals surface area contributed by atoms with Crippen LogP contribution in [0.15, 0.2) is 18.2 Å². The molecule has 0 bridgehead atoms. The van der Waals surface area contributed by atoms with Crippen LogP contribution in [0, 0.1) is 6.92 Å². The number of thiocarbonyl (C=S) groups is 1. The second-order valence-corrected chi connectivity index (χ2v) is 6.43. The van der Waals surface area contributed by atoms with Gasteiger partial charge in [-0.25, -0.2) is 0 Å². The molecule has 0 spiro atoms. The van der Waals surface area contributed by atoms with Gasteiger partial charge in [-0.05, 0) is 37.9 Å². The first-order valence-corrected chi connectivity index (χ1v) is 8.05. The van der Waals surface area contributed by atoms with Crippen LogP contribution in [0.1, 0.15) is 24.0 Å². The van der Waals surface area contributed by atoms with Gasteiger partial charge in [-0.2, -0.15) is 0 Å². The average molecular weight is 305 g/mol. The summed E-state index contributed by atoms with van der Waals surface area (Å²) in [6.07, 6.45) is 2.82. The quantitative estimate of drug-likeness (QED) is 0.832. The number of aryl methyl sites for hydroxylation is 1. The Kier molecular flexibility index (Phi) is 4.42. The summed E-state index contributed by atoms with van der Waals surface area (Å²) >= 11 is 5.14. The molecule has 1 aromatic carbocycles. The fourth-order valence-electron chi connectivity index (χ4n) is 3.33. The number of nitrogens with zero attached hydrogens (tertiary/aromatic N) is 1. The Morgan fingerprint density at radius 1 is 1.52 bits per heavy atom. The Morgan fingerprint density at radius 3 is 3.19 bits per heavy atom. The molecule has 0 aromatic heterocycles. The van der Waals surface area contributed by atoms with Crippen molar-refractivity contribution in [3.05, 3.63) is 29.3 Å². The number of nitrogens with two attached hydrogens (primary N) is 1. The summed E-state index contributed by atoms with van der Waals surface area (Å²) in [7, 11) is 0. The van der Waals surface area contributed by atoms with Crippen molar-refractivity contribution in [2.24, 2.45) is 5.73 Å². The van der Waals surface area contributed by atoms with Crippen molar-refractivity contribution in [3.8, 4) is 0 Å². The zero-order chi connectivity index (χ0) is 14.8. The van der Waals surface area contributed by atoms with Gasteiger partial charge in [-0.1, -0.05) is 24.4 Å². The average Bonchev–Trinajstić information content (AvgIpc) is 2.93. The minimum absolute atomic E-state index is 0.234. The van der Waals surface area contributed by atoms with Gasteiger partial charge < -0.3 is 15.8 Å². The Bertz CT molecular complexity index is 534. The molecule has 0 aliphatic carbocycles. The number of benzene rings is 1. The minimum Gasteiger partial charge on any atom is -0.389 e. The van der Waals surface area contributed by atoms with E-state index in [9.17, 15) is 0 Å². The molecule has 0 saturated carbocycles. The number of fused-ring (bicyclic) bond motifs is 1. The van der Waals surface area contributed by atoms with E-state index in [4.69, 9.17) is 22.7 Å². The van der Waals surface area contributed by atoms with E-state index in [0.717, 1.165) is 36.5 Å². The number of rotatable bonds is 4. The Labute approximate surface area is 131 Å².